The largest absolute Gasteiger partial charge is 0.494 e. The summed E-state index contributed by atoms with van der Waals surface area (Å²) in [6.07, 6.45) is 5.57. The van der Waals surface area contributed by atoms with Crippen molar-refractivity contribution in [2.45, 2.75) is 37.5 Å². The van der Waals surface area contributed by atoms with Gasteiger partial charge in [0.25, 0.3) is 0 Å². The molecule has 2 heterocycles. The van der Waals surface area contributed by atoms with Crippen LogP contribution in [0.25, 0.3) is 0 Å². The van der Waals surface area contributed by atoms with Crippen molar-refractivity contribution < 1.29 is 14.3 Å². The molecule has 3 rings (SSSR count). The molecule has 2 aliphatic rings. The molecular weight excluding hydrogens is 354 g/mol. The smallest absolute Gasteiger partial charge is 0.316 e. The van der Waals surface area contributed by atoms with Crippen LogP contribution in [0.5, 0.6) is 5.75 Å². The standard InChI is InChI=1S/C22H35N3O3/c1-24(2)21(26)23-18-22(10-16-27-17-11-22)19-6-8-20(9-7-19)28-15-5-14-25-12-3-4-13-25/h6-9H,3-5,10-18H2,1-2H3,(H,23,26). The Kier molecular flexibility index (Phi) is 7.57. The molecule has 1 aromatic carbocycles. The van der Waals surface area contributed by atoms with E-state index in [1.807, 2.05) is 0 Å². The number of urea groups is 1. The lowest BCUT2D eigenvalue weighted by Crippen LogP contribution is -2.47. The molecule has 6 nitrogen and oxygen atoms in total. The summed E-state index contributed by atoms with van der Waals surface area (Å²) in [6.45, 7) is 6.46. The van der Waals surface area contributed by atoms with Gasteiger partial charge >= 0.3 is 6.03 Å². The third-order valence-electron chi connectivity index (χ3n) is 5.99. The van der Waals surface area contributed by atoms with E-state index in [2.05, 4.69) is 34.5 Å². The van der Waals surface area contributed by atoms with Gasteiger partial charge in [0.1, 0.15) is 5.75 Å². The Labute approximate surface area is 169 Å². The maximum Gasteiger partial charge on any atom is 0.316 e. The number of hydrogen-bond acceptors (Lipinski definition) is 4. The van der Waals surface area contributed by atoms with Crippen molar-refractivity contribution >= 4 is 6.03 Å². The zero-order valence-electron chi connectivity index (χ0n) is 17.4. The Morgan fingerprint density at radius 2 is 1.86 bits per heavy atom. The van der Waals surface area contributed by atoms with Crippen LogP contribution in [0.15, 0.2) is 24.3 Å². The van der Waals surface area contributed by atoms with E-state index >= 15 is 0 Å². The monoisotopic (exact) mass is 389 g/mol. The third-order valence-corrected chi connectivity index (χ3v) is 5.99. The lowest BCUT2D eigenvalue weighted by molar-refractivity contribution is 0.0503. The lowest BCUT2D eigenvalue weighted by Gasteiger charge is -2.38. The van der Waals surface area contributed by atoms with Crippen LogP contribution in [-0.2, 0) is 10.2 Å². The van der Waals surface area contributed by atoms with Gasteiger partial charge in [-0.25, -0.2) is 4.79 Å². The number of nitrogens with one attached hydrogen (secondary N) is 1. The maximum atomic E-state index is 12.0. The first kappa shape index (κ1) is 20.9. The van der Waals surface area contributed by atoms with Crippen LogP contribution < -0.4 is 10.1 Å². The molecule has 2 fully saturated rings. The Balaban J connectivity index is 1.54. The lowest BCUT2D eigenvalue weighted by atomic mass is 9.74. The van der Waals surface area contributed by atoms with Crippen molar-refractivity contribution in [2.24, 2.45) is 0 Å². The Hall–Kier alpha value is -1.79. The highest BCUT2D eigenvalue weighted by molar-refractivity contribution is 5.73. The van der Waals surface area contributed by atoms with E-state index in [1.54, 1.807) is 19.0 Å². The van der Waals surface area contributed by atoms with Gasteiger partial charge < -0.3 is 24.6 Å². The summed E-state index contributed by atoms with van der Waals surface area (Å²) in [6, 6.07) is 8.39. The molecule has 6 heteroatoms. The molecule has 1 aromatic rings. The zero-order valence-corrected chi connectivity index (χ0v) is 17.4. The molecule has 0 aliphatic carbocycles. The molecule has 0 unspecified atom stereocenters. The Morgan fingerprint density at radius 1 is 1.18 bits per heavy atom. The average Bonchev–Trinajstić information content (AvgIpc) is 3.24. The first-order chi connectivity index (χ1) is 13.6. The molecule has 2 aliphatic heterocycles. The second-order valence-electron chi connectivity index (χ2n) is 8.22. The minimum absolute atomic E-state index is 0.0520. The second-order valence-corrected chi connectivity index (χ2v) is 8.22. The van der Waals surface area contributed by atoms with Crippen molar-refractivity contribution in [3.05, 3.63) is 29.8 Å². The summed E-state index contributed by atoms with van der Waals surface area (Å²) in [5.41, 5.74) is 1.18. The van der Waals surface area contributed by atoms with E-state index in [4.69, 9.17) is 9.47 Å². The quantitative estimate of drug-likeness (QED) is 0.695. The van der Waals surface area contributed by atoms with E-state index in [0.29, 0.717) is 6.54 Å². The van der Waals surface area contributed by atoms with E-state index < -0.39 is 0 Å². The maximum absolute atomic E-state index is 12.0. The molecule has 0 aromatic heterocycles. The second kappa shape index (κ2) is 10.1. The normalized spacial score (nSPS) is 19.4. The topological polar surface area (TPSA) is 54.0 Å². The summed E-state index contributed by atoms with van der Waals surface area (Å²) in [7, 11) is 3.53. The predicted octanol–water partition coefficient (Wildman–Crippen LogP) is 2.87. The van der Waals surface area contributed by atoms with Gasteiger partial charge in [-0.15, -0.1) is 0 Å². The fraction of sp³-hybridized carbons (Fsp3) is 0.682. The van der Waals surface area contributed by atoms with Crippen molar-refractivity contribution in [1.82, 2.24) is 15.1 Å². The van der Waals surface area contributed by atoms with Crippen molar-refractivity contribution in [3.8, 4) is 5.75 Å². The van der Waals surface area contributed by atoms with Gasteiger partial charge in [-0.05, 0) is 62.9 Å². The number of amides is 2. The highest BCUT2D eigenvalue weighted by Gasteiger charge is 2.35. The van der Waals surface area contributed by atoms with Crippen molar-refractivity contribution in [1.29, 1.82) is 0 Å². The van der Waals surface area contributed by atoms with Gasteiger partial charge in [-0.2, -0.15) is 0 Å². The predicted molar refractivity (Wildman–Crippen MR) is 111 cm³/mol. The molecule has 1 N–H and O–H groups in total. The van der Waals surface area contributed by atoms with Crippen LogP contribution >= 0.6 is 0 Å². The number of rotatable bonds is 8. The summed E-state index contributed by atoms with van der Waals surface area (Å²) in [4.78, 5) is 16.1. The van der Waals surface area contributed by atoms with Crippen LogP contribution in [0.2, 0.25) is 0 Å². The van der Waals surface area contributed by atoms with Crippen LogP contribution in [0.1, 0.15) is 37.7 Å². The zero-order chi connectivity index (χ0) is 19.8. The van der Waals surface area contributed by atoms with Crippen LogP contribution in [0.4, 0.5) is 4.79 Å². The van der Waals surface area contributed by atoms with E-state index in [-0.39, 0.29) is 11.4 Å². The number of benzene rings is 1. The Morgan fingerprint density at radius 3 is 2.50 bits per heavy atom. The minimum atomic E-state index is -0.0712. The van der Waals surface area contributed by atoms with Gasteiger partial charge in [-0.1, -0.05) is 12.1 Å². The van der Waals surface area contributed by atoms with Crippen molar-refractivity contribution in [2.75, 3.05) is 60.1 Å². The van der Waals surface area contributed by atoms with Crippen molar-refractivity contribution in [3.63, 3.8) is 0 Å². The van der Waals surface area contributed by atoms with Crippen LogP contribution in [0.3, 0.4) is 0 Å². The third kappa shape index (κ3) is 5.61. The highest BCUT2D eigenvalue weighted by Crippen LogP contribution is 2.35. The number of likely N-dealkylation sites (tertiary alicyclic amines) is 1. The molecular formula is C22H35N3O3. The molecule has 28 heavy (non-hydrogen) atoms. The van der Waals surface area contributed by atoms with Crippen LogP contribution in [0, 0.1) is 0 Å². The number of carbonyl (C=O) groups is 1. The molecule has 0 saturated carbocycles. The SMILES string of the molecule is CN(C)C(=O)NCC1(c2ccc(OCCCN3CCCC3)cc2)CCOCC1. The average molecular weight is 390 g/mol. The summed E-state index contributed by atoms with van der Waals surface area (Å²) in [5, 5.41) is 3.07. The van der Waals surface area contributed by atoms with Gasteiger partial charge in [0.15, 0.2) is 0 Å². The number of nitrogens with zero attached hydrogens (tertiary/aromatic N) is 2. The van der Waals surface area contributed by atoms with Gasteiger partial charge in [-0.3, -0.25) is 0 Å². The summed E-state index contributed by atoms with van der Waals surface area (Å²) in [5.74, 6) is 0.921. The first-order valence-electron chi connectivity index (χ1n) is 10.6. The molecule has 2 saturated heterocycles. The molecule has 0 atom stereocenters. The molecule has 2 amide bonds. The van der Waals surface area contributed by atoms with Crippen LogP contribution in [-0.4, -0.2) is 75.9 Å². The molecule has 0 radical (unpaired) electrons. The minimum Gasteiger partial charge on any atom is -0.494 e. The number of hydrogen-bond donors (Lipinski definition) is 1. The summed E-state index contributed by atoms with van der Waals surface area (Å²) >= 11 is 0. The van der Waals surface area contributed by atoms with Gasteiger partial charge in [0.05, 0.1) is 6.61 Å². The number of ether oxygens (including phenoxy) is 2. The fourth-order valence-corrected chi connectivity index (χ4v) is 4.12. The fourth-order valence-electron chi connectivity index (χ4n) is 4.12. The summed E-state index contributed by atoms with van der Waals surface area (Å²) < 4.78 is 11.5. The molecule has 0 spiro atoms. The number of carbonyl (C=O) groups excluding carboxylic acids is 1. The van der Waals surface area contributed by atoms with E-state index in [0.717, 1.165) is 51.4 Å². The van der Waals surface area contributed by atoms with Gasteiger partial charge in [0.2, 0.25) is 0 Å². The Bertz CT molecular complexity index is 606. The highest BCUT2D eigenvalue weighted by atomic mass is 16.5. The first-order valence-corrected chi connectivity index (χ1v) is 10.6. The van der Waals surface area contributed by atoms with E-state index in [1.165, 1.54) is 31.5 Å². The molecule has 0 bridgehead atoms. The molecule has 156 valence electrons. The van der Waals surface area contributed by atoms with E-state index in [9.17, 15) is 4.79 Å². The van der Waals surface area contributed by atoms with Gasteiger partial charge in [0, 0.05) is 45.8 Å².